The molecule has 0 spiro atoms. The molecule has 0 radical (unpaired) electrons. The second kappa shape index (κ2) is 5.95. The second-order valence-corrected chi connectivity index (χ2v) is 5.47. The molecule has 1 aromatic carbocycles. The van der Waals surface area contributed by atoms with Crippen molar-refractivity contribution in [1.29, 1.82) is 0 Å². The number of ether oxygens (including phenoxy) is 1. The normalized spacial score (nSPS) is 19.2. The van der Waals surface area contributed by atoms with Gasteiger partial charge in [-0.25, -0.2) is 0 Å². The first-order valence-electron chi connectivity index (χ1n) is 6.82. The molecule has 2 rings (SSSR count). The van der Waals surface area contributed by atoms with Gasteiger partial charge in [-0.15, -0.1) is 0 Å². The summed E-state index contributed by atoms with van der Waals surface area (Å²) in [4.78, 5) is 13.7. The lowest BCUT2D eigenvalue weighted by atomic mass is 9.95. The maximum Gasteiger partial charge on any atom is 0.223 e. The van der Waals surface area contributed by atoms with E-state index >= 15 is 0 Å². The molecule has 4 heteroatoms. The van der Waals surface area contributed by atoms with Crippen LogP contribution in [0.4, 0.5) is 5.69 Å². The Kier molecular flexibility index (Phi) is 4.30. The van der Waals surface area contributed by atoms with Crippen LogP contribution in [0.3, 0.4) is 0 Å². The summed E-state index contributed by atoms with van der Waals surface area (Å²) >= 11 is 0. The van der Waals surface area contributed by atoms with Crippen LogP contribution in [-0.4, -0.2) is 30.5 Å². The summed E-state index contributed by atoms with van der Waals surface area (Å²) in [7, 11) is 0. The van der Waals surface area contributed by atoms with Crippen molar-refractivity contribution in [2.45, 2.75) is 20.3 Å². The van der Waals surface area contributed by atoms with Crippen LogP contribution in [0, 0.1) is 11.8 Å². The van der Waals surface area contributed by atoms with E-state index in [2.05, 4.69) is 13.8 Å². The topological polar surface area (TPSA) is 55.6 Å². The van der Waals surface area contributed by atoms with Crippen molar-refractivity contribution >= 4 is 11.6 Å². The van der Waals surface area contributed by atoms with Crippen LogP contribution in [-0.2, 0) is 4.79 Å². The smallest absolute Gasteiger partial charge is 0.223 e. The zero-order valence-electron chi connectivity index (χ0n) is 11.6. The maximum absolute atomic E-state index is 11.8. The molecule has 0 bridgehead atoms. The van der Waals surface area contributed by atoms with E-state index in [9.17, 15) is 4.79 Å². The van der Waals surface area contributed by atoms with Gasteiger partial charge in [-0.1, -0.05) is 19.9 Å². The average molecular weight is 262 g/mol. The summed E-state index contributed by atoms with van der Waals surface area (Å²) < 4.78 is 5.62. The number of rotatable bonds is 5. The first-order valence-corrected chi connectivity index (χ1v) is 6.82. The Morgan fingerprint density at radius 2 is 2.26 bits per heavy atom. The Bertz CT molecular complexity index is 446. The summed E-state index contributed by atoms with van der Waals surface area (Å²) in [5, 5.41) is 0. The SMILES string of the molecule is CC(C)C1CC(=O)N(CCOc2cccc(N)c2)C1. The van der Waals surface area contributed by atoms with Gasteiger partial charge in [0, 0.05) is 24.7 Å². The minimum Gasteiger partial charge on any atom is -0.492 e. The minimum atomic E-state index is 0.245. The molecular weight excluding hydrogens is 240 g/mol. The Morgan fingerprint density at radius 3 is 2.89 bits per heavy atom. The first kappa shape index (κ1) is 13.7. The highest BCUT2D eigenvalue weighted by Gasteiger charge is 2.30. The quantitative estimate of drug-likeness (QED) is 0.827. The highest BCUT2D eigenvalue weighted by atomic mass is 16.5. The number of benzene rings is 1. The van der Waals surface area contributed by atoms with Gasteiger partial charge in [0.15, 0.2) is 0 Å². The molecular formula is C15H22N2O2. The number of hydrogen-bond donors (Lipinski definition) is 1. The lowest BCUT2D eigenvalue weighted by Crippen LogP contribution is -2.30. The lowest BCUT2D eigenvalue weighted by Gasteiger charge is -2.18. The van der Waals surface area contributed by atoms with E-state index in [0.29, 0.717) is 37.1 Å². The van der Waals surface area contributed by atoms with E-state index in [4.69, 9.17) is 10.5 Å². The molecule has 1 aliphatic rings. The van der Waals surface area contributed by atoms with Crippen LogP contribution in [0.15, 0.2) is 24.3 Å². The maximum atomic E-state index is 11.8. The van der Waals surface area contributed by atoms with Crippen molar-refractivity contribution in [2.24, 2.45) is 11.8 Å². The van der Waals surface area contributed by atoms with Crippen LogP contribution < -0.4 is 10.5 Å². The highest BCUT2D eigenvalue weighted by molar-refractivity contribution is 5.78. The fourth-order valence-electron chi connectivity index (χ4n) is 2.34. The van der Waals surface area contributed by atoms with Crippen LogP contribution in [0.25, 0.3) is 0 Å². The molecule has 1 saturated heterocycles. The number of carbonyl (C=O) groups excluding carboxylic acids is 1. The van der Waals surface area contributed by atoms with Gasteiger partial charge in [0.25, 0.3) is 0 Å². The molecule has 1 aromatic rings. The van der Waals surface area contributed by atoms with Gasteiger partial charge >= 0.3 is 0 Å². The largest absolute Gasteiger partial charge is 0.492 e. The number of amides is 1. The monoisotopic (exact) mass is 262 g/mol. The molecule has 4 nitrogen and oxygen atoms in total. The molecule has 0 saturated carbocycles. The molecule has 1 heterocycles. The van der Waals surface area contributed by atoms with Gasteiger partial charge < -0.3 is 15.4 Å². The number of carbonyl (C=O) groups is 1. The highest BCUT2D eigenvalue weighted by Crippen LogP contribution is 2.24. The van der Waals surface area contributed by atoms with Crippen LogP contribution in [0.5, 0.6) is 5.75 Å². The van der Waals surface area contributed by atoms with Crippen molar-refractivity contribution in [3.05, 3.63) is 24.3 Å². The van der Waals surface area contributed by atoms with Gasteiger partial charge in [-0.2, -0.15) is 0 Å². The molecule has 1 atom stereocenters. The zero-order valence-corrected chi connectivity index (χ0v) is 11.6. The Hall–Kier alpha value is -1.71. The number of nitrogen functional groups attached to an aromatic ring is 1. The molecule has 1 aliphatic heterocycles. The predicted octanol–water partition coefficient (Wildman–Crippen LogP) is 2.15. The molecule has 19 heavy (non-hydrogen) atoms. The van der Waals surface area contributed by atoms with Gasteiger partial charge in [0.2, 0.25) is 5.91 Å². The molecule has 1 unspecified atom stereocenters. The van der Waals surface area contributed by atoms with E-state index < -0.39 is 0 Å². The number of nitrogens with zero attached hydrogens (tertiary/aromatic N) is 1. The first-order chi connectivity index (χ1) is 9.06. The standard InChI is InChI=1S/C15H22N2O2/c1-11(2)12-8-15(18)17(10-12)6-7-19-14-5-3-4-13(16)9-14/h3-5,9,11-12H,6-8,10,16H2,1-2H3. The van der Waals surface area contributed by atoms with Crippen LogP contribution in [0.2, 0.25) is 0 Å². The lowest BCUT2D eigenvalue weighted by molar-refractivity contribution is -0.128. The molecule has 1 fully saturated rings. The predicted molar refractivity (Wildman–Crippen MR) is 75.9 cm³/mol. The van der Waals surface area contributed by atoms with Gasteiger partial charge in [-0.05, 0) is 24.0 Å². The molecule has 104 valence electrons. The average Bonchev–Trinajstić information content (AvgIpc) is 2.71. The third kappa shape index (κ3) is 3.63. The number of hydrogen-bond acceptors (Lipinski definition) is 3. The van der Waals surface area contributed by atoms with Gasteiger partial charge in [-0.3, -0.25) is 4.79 Å². The van der Waals surface area contributed by atoms with Crippen molar-refractivity contribution in [3.8, 4) is 5.75 Å². The Labute approximate surface area is 114 Å². The summed E-state index contributed by atoms with van der Waals surface area (Å²) in [6.07, 6.45) is 0.677. The molecule has 1 amide bonds. The van der Waals surface area contributed by atoms with E-state index in [0.717, 1.165) is 12.3 Å². The second-order valence-electron chi connectivity index (χ2n) is 5.47. The molecule has 0 aliphatic carbocycles. The third-order valence-electron chi connectivity index (χ3n) is 3.68. The van der Waals surface area contributed by atoms with Crippen LogP contribution in [0.1, 0.15) is 20.3 Å². The fourth-order valence-corrected chi connectivity index (χ4v) is 2.34. The van der Waals surface area contributed by atoms with Gasteiger partial charge in [0.1, 0.15) is 12.4 Å². The van der Waals surface area contributed by atoms with E-state index in [-0.39, 0.29) is 5.91 Å². The summed E-state index contributed by atoms with van der Waals surface area (Å²) in [5.74, 6) is 2.05. The van der Waals surface area contributed by atoms with Gasteiger partial charge in [0.05, 0.1) is 6.54 Å². The van der Waals surface area contributed by atoms with Crippen LogP contribution >= 0.6 is 0 Å². The van der Waals surface area contributed by atoms with E-state index in [1.54, 1.807) is 6.07 Å². The number of likely N-dealkylation sites (tertiary alicyclic amines) is 1. The van der Waals surface area contributed by atoms with E-state index in [1.807, 2.05) is 23.1 Å². The third-order valence-corrected chi connectivity index (χ3v) is 3.68. The van der Waals surface area contributed by atoms with Crippen molar-refractivity contribution in [1.82, 2.24) is 4.90 Å². The molecule has 0 aromatic heterocycles. The summed E-state index contributed by atoms with van der Waals surface area (Å²) in [6, 6.07) is 7.35. The number of nitrogens with two attached hydrogens (primary N) is 1. The summed E-state index contributed by atoms with van der Waals surface area (Å²) in [5.41, 5.74) is 6.37. The van der Waals surface area contributed by atoms with Crippen molar-refractivity contribution in [3.63, 3.8) is 0 Å². The minimum absolute atomic E-state index is 0.245. The molecule has 2 N–H and O–H groups in total. The number of anilines is 1. The Morgan fingerprint density at radius 1 is 1.47 bits per heavy atom. The Balaban J connectivity index is 1.79. The van der Waals surface area contributed by atoms with E-state index in [1.165, 1.54) is 0 Å². The zero-order chi connectivity index (χ0) is 13.8. The fraction of sp³-hybridized carbons (Fsp3) is 0.533. The summed E-state index contributed by atoms with van der Waals surface area (Å²) in [6.45, 7) is 6.36. The van der Waals surface area contributed by atoms with Crippen molar-refractivity contribution < 1.29 is 9.53 Å². The van der Waals surface area contributed by atoms with Crippen molar-refractivity contribution in [2.75, 3.05) is 25.4 Å².